The maximum absolute atomic E-state index is 5.03. The zero-order chi connectivity index (χ0) is 14.9. The van der Waals surface area contributed by atoms with Crippen molar-refractivity contribution < 1.29 is 4.74 Å². The van der Waals surface area contributed by atoms with E-state index < -0.39 is 0 Å². The highest BCUT2D eigenvalue weighted by Gasteiger charge is 2.05. The summed E-state index contributed by atoms with van der Waals surface area (Å²) < 4.78 is 5.03. The van der Waals surface area contributed by atoms with Crippen LogP contribution in [0.25, 0.3) is 10.8 Å². The summed E-state index contributed by atoms with van der Waals surface area (Å²) in [6.45, 7) is 5.18. The van der Waals surface area contributed by atoms with Crippen LogP contribution in [0.2, 0.25) is 0 Å². The van der Waals surface area contributed by atoms with Crippen molar-refractivity contribution >= 4 is 10.8 Å². The summed E-state index contributed by atoms with van der Waals surface area (Å²) in [5.74, 6) is 0.749. The topological polar surface area (TPSA) is 21.3 Å². The smallest absolute Gasteiger partial charge is 0.0587 e. The van der Waals surface area contributed by atoms with Crippen LogP contribution in [0.1, 0.15) is 25.3 Å². The molecule has 0 spiro atoms. The summed E-state index contributed by atoms with van der Waals surface area (Å²) in [5, 5.41) is 6.18. The third-order valence-corrected chi connectivity index (χ3v) is 4.08. The number of nitrogens with one attached hydrogen (secondary N) is 1. The van der Waals surface area contributed by atoms with E-state index in [4.69, 9.17) is 4.74 Å². The fourth-order valence-corrected chi connectivity index (χ4v) is 2.70. The van der Waals surface area contributed by atoms with E-state index in [-0.39, 0.29) is 0 Å². The van der Waals surface area contributed by atoms with Crippen molar-refractivity contribution in [3.05, 3.63) is 48.0 Å². The van der Waals surface area contributed by atoms with E-state index in [2.05, 4.69) is 54.7 Å². The Labute approximate surface area is 128 Å². The number of ether oxygens (including phenoxy) is 1. The molecule has 114 valence electrons. The van der Waals surface area contributed by atoms with E-state index in [0.717, 1.165) is 25.6 Å². The summed E-state index contributed by atoms with van der Waals surface area (Å²) in [7, 11) is 1.74. The van der Waals surface area contributed by atoms with Crippen molar-refractivity contribution in [2.75, 3.05) is 26.8 Å². The fourth-order valence-electron chi connectivity index (χ4n) is 2.70. The molecule has 0 fully saturated rings. The van der Waals surface area contributed by atoms with E-state index in [1.807, 2.05) is 0 Å². The molecule has 0 radical (unpaired) electrons. The van der Waals surface area contributed by atoms with Crippen LogP contribution in [0, 0.1) is 5.92 Å². The molecule has 1 atom stereocenters. The molecular formula is C19H27NO. The lowest BCUT2D eigenvalue weighted by molar-refractivity contribution is 0.199. The molecule has 0 aliphatic carbocycles. The standard InChI is InChI=1S/C19H27NO/c1-16(12-13-20-14-15-21-2)10-11-18-8-5-7-17-6-3-4-9-19(17)18/h3-9,16,20H,10-15H2,1-2H3. The number of rotatable bonds is 9. The van der Waals surface area contributed by atoms with Crippen molar-refractivity contribution in [1.29, 1.82) is 0 Å². The van der Waals surface area contributed by atoms with Gasteiger partial charge in [0.2, 0.25) is 0 Å². The molecule has 21 heavy (non-hydrogen) atoms. The summed E-state index contributed by atoms with van der Waals surface area (Å²) in [6, 6.07) is 15.3. The fraction of sp³-hybridized carbons (Fsp3) is 0.474. The van der Waals surface area contributed by atoms with Crippen LogP contribution in [0.15, 0.2) is 42.5 Å². The average Bonchev–Trinajstić information content (AvgIpc) is 2.52. The molecule has 0 aliphatic rings. The van der Waals surface area contributed by atoms with Gasteiger partial charge in [-0.25, -0.2) is 0 Å². The number of benzene rings is 2. The number of fused-ring (bicyclic) bond motifs is 1. The second kappa shape index (κ2) is 8.81. The molecule has 0 bridgehead atoms. The van der Waals surface area contributed by atoms with Gasteiger partial charge in [-0.1, -0.05) is 49.4 Å². The molecule has 0 saturated heterocycles. The van der Waals surface area contributed by atoms with Gasteiger partial charge in [0, 0.05) is 13.7 Å². The van der Waals surface area contributed by atoms with Crippen molar-refractivity contribution in [2.24, 2.45) is 5.92 Å². The Hall–Kier alpha value is -1.38. The van der Waals surface area contributed by atoms with Crippen molar-refractivity contribution in [3.63, 3.8) is 0 Å². The van der Waals surface area contributed by atoms with Crippen LogP contribution in [0.3, 0.4) is 0 Å². The lowest BCUT2D eigenvalue weighted by Gasteiger charge is -2.13. The van der Waals surface area contributed by atoms with Crippen molar-refractivity contribution in [1.82, 2.24) is 5.32 Å². The first-order chi connectivity index (χ1) is 10.3. The third-order valence-electron chi connectivity index (χ3n) is 4.08. The van der Waals surface area contributed by atoms with Crippen molar-refractivity contribution in [2.45, 2.75) is 26.2 Å². The van der Waals surface area contributed by atoms with Gasteiger partial charge in [-0.2, -0.15) is 0 Å². The average molecular weight is 285 g/mol. The van der Waals surface area contributed by atoms with Gasteiger partial charge in [-0.05, 0) is 48.1 Å². The third kappa shape index (κ3) is 5.14. The molecule has 0 saturated carbocycles. The maximum Gasteiger partial charge on any atom is 0.0587 e. The van der Waals surface area contributed by atoms with Gasteiger partial charge in [-0.3, -0.25) is 0 Å². The van der Waals surface area contributed by atoms with E-state index >= 15 is 0 Å². The summed E-state index contributed by atoms with van der Waals surface area (Å²) >= 11 is 0. The van der Waals surface area contributed by atoms with Gasteiger partial charge in [0.05, 0.1) is 6.61 Å². The SMILES string of the molecule is COCCNCCC(C)CCc1cccc2ccccc12. The molecule has 2 nitrogen and oxygen atoms in total. The first-order valence-corrected chi connectivity index (χ1v) is 7.97. The van der Waals surface area contributed by atoms with Crippen LogP contribution in [0.5, 0.6) is 0 Å². The van der Waals surface area contributed by atoms with Gasteiger partial charge >= 0.3 is 0 Å². The molecular weight excluding hydrogens is 258 g/mol. The Kier molecular flexibility index (Phi) is 6.71. The molecule has 2 aromatic rings. The van der Waals surface area contributed by atoms with Gasteiger partial charge in [-0.15, -0.1) is 0 Å². The molecule has 0 aliphatic heterocycles. The summed E-state index contributed by atoms with van der Waals surface area (Å²) in [5.41, 5.74) is 1.48. The lowest BCUT2D eigenvalue weighted by atomic mass is 9.95. The molecule has 2 aromatic carbocycles. The van der Waals surface area contributed by atoms with Crippen molar-refractivity contribution in [3.8, 4) is 0 Å². The maximum atomic E-state index is 5.03. The van der Waals surface area contributed by atoms with Gasteiger partial charge < -0.3 is 10.1 Å². The van der Waals surface area contributed by atoms with Gasteiger partial charge in [0.25, 0.3) is 0 Å². The first-order valence-electron chi connectivity index (χ1n) is 7.97. The predicted molar refractivity (Wildman–Crippen MR) is 90.8 cm³/mol. The number of aryl methyl sites for hydroxylation is 1. The molecule has 0 amide bonds. The van der Waals surface area contributed by atoms with Crippen LogP contribution in [0.4, 0.5) is 0 Å². The zero-order valence-electron chi connectivity index (χ0n) is 13.3. The highest BCUT2D eigenvalue weighted by Crippen LogP contribution is 2.21. The minimum Gasteiger partial charge on any atom is -0.383 e. The first kappa shape index (κ1) is 16.0. The highest BCUT2D eigenvalue weighted by molar-refractivity contribution is 5.85. The number of hydrogen-bond donors (Lipinski definition) is 1. The molecule has 1 unspecified atom stereocenters. The molecule has 2 rings (SSSR count). The number of hydrogen-bond acceptors (Lipinski definition) is 2. The normalized spacial score (nSPS) is 12.7. The Morgan fingerprint density at radius 1 is 1.00 bits per heavy atom. The quantitative estimate of drug-likeness (QED) is 0.702. The Morgan fingerprint density at radius 2 is 1.81 bits per heavy atom. The van der Waals surface area contributed by atoms with Crippen LogP contribution in [-0.4, -0.2) is 26.8 Å². The minimum atomic E-state index is 0.749. The lowest BCUT2D eigenvalue weighted by Crippen LogP contribution is -2.21. The van der Waals surface area contributed by atoms with Gasteiger partial charge in [0.1, 0.15) is 0 Å². The largest absolute Gasteiger partial charge is 0.383 e. The minimum absolute atomic E-state index is 0.749. The molecule has 0 aromatic heterocycles. The van der Waals surface area contributed by atoms with E-state index in [1.165, 1.54) is 35.6 Å². The van der Waals surface area contributed by atoms with Gasteiger partial charge in [0.15, 0.2) is 0 Å². The summed E-state index contributed by atoms with van der Waals surface area (Å²) in [4.78, 5) is 0. The number of methoxy groups -OCH3 is 1. The van der Waals surface area contributed by atoms with E-state index in [1.54, 1.807) is 7.11 Å². The summed E-state index contributed by atoms with van der Waals surface area (Å²) in [6.07, 6.45) is 3.65. The second-order valence-electron chi connectivity index (χ2n) is 5.81. The van der Waals surface area contributed by atoms with Crippen LogP contribution < -0.4 is 5.32 Å². The Balaban J connectivity index is 1.79. The molecule has 0 heterocycles. The Morgan fingerprint density at radius 3 is 2.67 bits per heavy atom. The van der Waals surface area contributed by atoms with E-state index in [9.17, 15) is 0 Å². The van der Waals surface area contributed by atoms with Crippen LogP contribution in [-0.2, 0) is 11.2 Å². The highest BCUT2D eigenvalue weighted by atomic mass is 16.5. The van der Waals surface area contributed by atoms with E-state index in [0.29, 0.717) is 0 Å². The van der Waals surface area contributed by atoms with Crippen LogP contribution >= 0.6 is 0 Å². The molecule has 2 heteroatoms. The monoisotopic (exact) mass is 285 g/mol. The Bertz CT molecular complexity index is 533. The second-order valence-corrected chi connectivity index (χ2v) is 5.81. The predicted octanol–water partition coefficient (Wildman–Crippen LogP) is 4.03. The zero-order valence-corrected chi connectivity index (χ0v) is 13.3. The molecule has 1 N–H and O–H groups in total.